The van der Waals surface area contributed by atoms with E-state index >= 15 is 0 Å². The molecule has 0 spiro atoms. The number of methoxy groups -OCH3 is 1. The van der Waals surface area contributed by atoms with Crippen LogP contribution in [0.3, 0.4) is 0 Å². The molecule has 1 heterocycles. The molecule has 64 valence electrons. The molecule has 0 aliphatic carbocycles. The maximum Gasteiger partial charge on any atom is 0.144 e. The molecule has 0 fully saturated rings. The van der Waals surface area contributed by atoms with Crippen LogP contribution >= 0.6 is 11.6 Å². The predicted molar refractivity (Wildman–Crippen MR) is 43.6 cm³/mol. The van der Waals surface area contributed by atoms with E-state index in [1.165, 1.54) is 4.68 Å². The second kappa shape index (κ2) is 3.57. The van der Waals surface area contributed by atoms with Crippen LogP contribution in [0.15, 0.2) is 0 Å². The molecule has 0 unspecified atom stereocenters. The van der Waals surface area contributed by atoms with Crippen molar-refractivity contribution in [3.63, 3.8) is 0 Å². The van der Waals surface area contributed by atoms with Crippen molar-refractivity contribution in [2.24, 2.45) is 7.05 Å². The molecular weight excluding hydrogens is 178 g/mol. The van der Waals surface area contributed by atoms with Crippen molar-refractivity contribution in [1.29, 1.82) is 5.26 Å². The fourth-order valence-corrected chi connectivity index (χ4v) is 1.09. The summed E-state index contributed by atoms with van der Waals surface area (Å²) in [6, 6.07) is 1.97. The Hall–Kier alpha value is -1.05. The second-order valence-corrected chi connectivity index (χ2v) is 2.64. The van der Waals surface area contributed by atoms with Crippen molar-refractivity contribution in [2.45, 2.75) is 6.61 Å². The average molecular weight is 186 g/mol. The minimum Gasteiger partial charge on any atom is -0.378 e. The fourth-order valence-electron chi connectivity index (χ4n) is 0.904. The van der Waals surface area contributed by atoms with E-state index in [4.69, 9.17) is 21.6 Å². The number of nitriles is 1. The molecular formula is C7H8ClN3O. The van der Waals surface area contributed by atoms with Crippen LogP contribution in [-0.2, 0) is 18.4 Å². The number of rotatable bonds is 2. The molecule has 1 aromatic rings. The lowest BCUT2D eigenvalue weighted by Crippen LogP contribution is -1.93. The van der Waals surface area contributed by atoms with Crippen LogP contribution in [0, 0.1) is 11.3 Å². The summed E-state index contributed by atoms with van der Waals surface area (Å²) in [6.45, 7) is 0.309. The lowest BCUT2D eigenvalue weighted by molar-refractivity contribution is 0.180. The van der Waals surface area contributed by atoms with Gasteiger partial charge in [0.2, 0.25) is 0 Å². The third-order valence-electron chi connectivity index (χ3n) is 1.44. The molecule has 0 bridgehead atoms. The molecule has 0 N–H and O–H groups in total. The maximum atomic E-state index is 8.70. The van der Waals surface area contributed by atoms with E-state index in [0.29, 0.717) is 23.0 Å². The molecule has 1 rings (SSSR count). The highest BCUT2D eigenvalue weighted by atomic mass is 35.5. The van der Waals surface area contributed by atoms with Crippen molar-refractivity contribution in [1.82, 2.24) is 9.78 Å². The van der Waals surface area contributed by atoms with Crippen molar-refractivity contribution in [3.8, 4) is 6.07 Å². The van der Waals surface area contributed by atoms with E-state index < -0.39 is 0 Å². The van der Waals surface area contributed by atoms with Crippen molar-refractivity contribution in [3.05, 3.63) is 16.4 Å². The van der Waals surface area contributed by atoms with Gasteiger partial charge in [0.1, 0.15) is 22.5 Å². The van der Waals surface area contributed by atoms with Crippen LogP contribution < -0.4 is 0 Å². The van der Waals surface area contributed by atoms with Crippen LogP contribution in [0.4, 0.5) is 0 Å². The number of aryl methyl sites for hydroxylation is 1. The van der Waals surface area contributed by atoms with E-state index in [9.17, 15) is 0 Å². The Morgan fingerprint density at radius 3 is 2.92 bits per heavy atom. The lowest BCUT2D eigenvalue weighted by Gasteiger charge is -1.91. The third kappa shape index (κ3) is 1.42. The van der Waals surface area contributed by atoms with Crippen molar-refractivity contribution < 1.29 is 4.74 Å². The molecule has 0 aromatic carbocycles. The van der Waals surface area contributed by atoms with Crippen LogP contribution in [0.2, 0.25) is 5.15 Å². The number of aromatic nitrogens is 2. The summed E-state index contributed by atoms with van der Waals surface area (Å²) < 4.78 is 6.31. The summed E-state index contributed by atoms with van der Waals surface area (Å²) in [6.07, 6.45) is 0. The summed E-state index contributed by atoms with van der Waals surface area (Å²) >= 11 is 5.77. The lowest BCUT2D eigenvalue weighted by atomic mass is 10.3. The molecule has 5 heteroatoms. The monoisotopic (exact) mass is 185 g/mol. The molecule has 0 amide bonds. The van der Waals surface area contributed by atoms with E-state index in [-0.39, 0.29) is 0 Å². The molecule has 0 aliphatic rings. The van der Waals surface area contributed by atoms with Gasteiger partial charge < -0.3 is 4.74 Å². The first kappa shape index (κ1) is 9.04. The van der Waals surface area contributed by atoms with Gasteiger partial charge in [-0.3, -0.25) is 4.68 Å². The predicted octanol–water partition coefficient (Wildman–Crippen LogP) is 1.09. The van der Waals surface area contributed by atoms with Crippen LogP contribution in [0.25, 0.3) is 0 Å². The Morgan fingerprint density at radius 2 is 2.42 bits per heavy atom. The van der Waals surface area contributed by atoms with E-state index in [1.807, 2.05) is 6.07 Å². The first-order valence-electron chi connectivity index (χ1n) is 3.31. The average Bonchev–Trinajstić information content (AvgIpc) is 2.29. The fraction of sp³-hybridized carbons (Fsp3) is 0.429. The van der Waals surface area contributed by atoms with Gasteiger partial charge in [0.05, 0.1) is 6.61 Å². The van der Waals surface area contributed by atoms with Gasteiger partial charge in [-0.25, -0.2) is 0 Å². The molecule has 0 atom stereocenters. The number of hydrogen-bond acceptors (Lipinski definition) is 3. The molecule has 12 heavy (non-hydrogen) atoms. The molecule has 0 radical (unpaired) electrons. The van der Waals surface area contributed by atoms with Gasteiger partial charge in [-0.15, -0.1) is 0 Å². The van der Waals surface area contributed by atoms with E-state index in [1.54, 1.807) is 14.2 Å². The highest BCUT2D eigenvalue weighted by Crippen LogP contribution is 2.18. The summed E-state index contributed by atoms with van der Waals surface area (Å²) in [4.78, 5) is 0. The Kier molecular flexibility index (Phi) is 2.69. The van der Waals surface area contributed by atoms with Crippen molar-refractivity contribution in [2.75, 3.05) is 7.11 Å². The molecule has 0 saturated carbocycles. The first-order valence-corrected chi connectivity index (χ1v) is 3.69. The third-order valence-corrected chi connectivity index (χ3v) is 1.88. The zero-order valence-electron chi connectivity index (χ0n) is 6.83. The minimum atomic E-state index is 0.309. The highest BCUT2D eigenvalue weighted by Gasteiger charge is 2.12. The van der Waals surface area contributed by atoms with Crippen molar-refractivity contribution >= 4 is 11.6 Å². The smallest absolute Gasteiger partial charge is 0.144 e. The summed E-state index contributed by atoms with van der Waals surface area (Å²) in [7, 11) is 3.23. The summed E-state index contributed by atoms with van der Waals surface area (Å²) in [5.41, 5.74) is 0.966. The van der Waals surface area contributed by atoms with Crippen LogP contribution in [0.1, 0.15) is 11.3 Å². The number of ether oxygens (including phenoxy) is 1. The van der Waals surface area contributed by atoms with Crippen LogP contribution in [0.5, 0.6) is 0 Å². The zero-order chi connectivity index (χ0) is 9.14. The van der Waals surface area contributed by atoms with Gasteiger partial charge in [-0.1, -0.05) is 11.6 Å². The molecule has 0 saturated heterocycles. The maximum absolute atomic E-state index is 8.70. The number of hydrogen-bond donors (Lipinski definition) is 0. The zero-order valence-corrected chi connectivity index (χ0v) is 7.59. The van der Waals surface area contributed by atoms with Gasteiger partial charge in [0.25, 0.3) is 0 Å². The number of halogens is 1. The van der Waals surface area contributed by atoms with E-state index in [2.05, 4.69) is 5.10 Å². The van der Waals surface area contributed by atoms with Gasteiger partial charge in [-0.2, -0.15) is 10.4 Å². The standard InChI is InChI=1S/C7H8ClN3O/c1-11-7(8)5(3-9)6(10-11)4-12-2/h4H2,1-2H3. The Balaban J connectivity index is 3.13. The van der Waals surface area contributed by atoms with Gasteiger partial charge in [-0.05, 0) is 0 Å². The summed E-state index contributed by atoms with van der Waals surface area (Å²) in [5.74, 6) is 0. The first-order chi connectivity index (χ1) is 5.70. The molecule has 4 nitrogen and oxygen atoms in total. The van der Waals surface area contributed by atoms with Gasteiger partial charge in [0, 0.05) is 14.2 Å². The van der Waals surface area contributed by atoms with Gasteiger partial charge >= 0.3 is 0 Å². The van der Waals surface area contributed by atoms with Crippen LogP contribution in [-0.4, -0.2) is 16.9 Å². The Bertz CT molecular complexity index is 326. The molecule has 0 aliphatic heterocycles. The Labute approximate surface area is 75.3 Å². The minimum absolute atomic E-state index is 0.309. The number of nitrogens with zero attached hydrogens (tertiary/aromatic N) is 3. The quantitative estimate of drug-likeness (QED) is 0.693. The second-order valence-electron chi connectivity index (χ2n) is 2.28. The largest absolute Gasteiger partial charge is 0.378 e. The topological polar surface area (TPSA) is 50.8 Å². The normalized spacial score (nSPS) is 9.83. The van der Waals surface area contributed by atoms with E-state index in [0.717, 1.165) is 0 Å². The highest BCUT2D eigenvalue weighted by molar-refractivity contribution is 6.30. The van der Waals surface area contributed by atoms with Gasteiger partial charge in [0.15, 0.2) is 0 Å². The molecule has 1 aromatic heterocycles. The summed E-state index contributed by atoms with van der Waals surface area (Å²) in [5, 5.41) is 13.1. The SMILES string of the molecule is COCc1nn(C)c(Cl)c1C#N. The Morgan fingerprint density at radius 1 is 1.75 bits per heavy atom.